The van der Waals surface area contributed by atoms with Crippen LogP contribution in [0.1, 0.15) is 18.4 Å². The van der Waals surface area contributed by atoms with Gasteiger partial charge in [0, 0.05) is 17.2 Å². The lowest BCUT2D eigenvalue weighted by Gasteiger charge is -2.05. The number of nitrogens with one attached hydrogen (secondary N) is 1. The van der Waals surface area contributed by atoms with Gasteiger partial charge in [0.25, 0.3) is 0 Å². The molecule has 0 aliphatic carbocycles. The van der Waals surface area contributed by atoms with Crippen molar-refractivity contribution in [1.82, 2.24) is 0 Å². The van der Waals surface area contributed by atoms with Crippen molar-refractivity contribution in [3.63, 3.8) is 0 Å². The number of halogens is 1. The first-order valence-electron chi connectivity index (χ1n) is 5.85. The van der Waals surface area contributed by atoms with Crippen molar-refractivity contribution in [2.24, 2.45) is 5.10 Å². The third-order valence-corrected chi connectivity index (χ3v) is 2.91. The molecular weight excluding hydrogens is 244 g/mol. The highest BCUT2D eigenvalue weighted by Gasteiger charge is 2.00. The van der Waals surface area contributed by atoms with Gasteiger partial charge in [0.2, 0.25) is 0 Å². The summed E-state index contributed by atoms with van der Waals surface area (Å²) in [5.41, 5.74) is 5.16. The molecule has 0 fully saturated rings. The van der Waals surface area contributed by atoms with Gasteiger partial charge in [0.1, 0.15) is 0 Å². The second kappa shape index (κ2) is 6.22. The lowest BCUT2D eigenvalue weighted by atomic mass is 10.0. The number of hydrogen-bond acceptors (Lipinski definition) is 2. The zero-order valence-electron chi connectivity index (χ0n) is 10.2. The van der Waals surface area contributed by atoms with E-state index in [1.807, 2.05) is 48.7 Å². The van der Waals surface area contributed by atoms with Gasteiger partial charge in [-0.05, 0) is 29.8 Å². The summed E-state index contributed by atoms with van der Waals surface area (Å²) in [4.78, 5) is 0. The van der Waals surface area contributed by atoms with Crippen LogP contribution >= 0.6 is 11.6 Å². The second-order valence-electron chi connectivity index (χ2n) is 4.10. The predicted molar refractivity (Wildman–Crippen MR) is 78.4 cm³/mol. The summed E-state index contributed by atoms with van der Waals surface area (Å²) < 4.78 is 0. The van der Waals surface area contributed by atoms with Crippen molar-refractivity contribution in [3.8, 4) is 0 Å². The normalized spacial score (nSPS) is 12.6. The SMILES string of the molecule is C[C@H](/C=N\Nc1ccc(Cl)cc1)c1ccccc1. The van der Waals surface area contributed by atoms with Crippen LogP contribution in [-0.2, 0) is 0 Å². The molecule has 2 aromatic carbocycles. The molecule has 0 spiro atoms. The van der Waals surface area contributed by atoms with Crippen molar-refractivity contribution < 1.29 is 0 Å². The zero-order valence-corrected chi connectivity index (χ0v) is 10.9. The molecule has 0 aliphatic heterocycles. The maximum atomic E-state index is 5.81. The Morgan fingerprint density at radius 1 is 1.06 bits per heavy atom. The van der Waals surface area contributed by atoms with Crippen LogP contribution in [-0.4, -0.2) is 6.21 Å². The highest BCUT2D eigenvalue weighted by Crippen LogP contribution is 2.14. The Hall–Kier alpha value is -1.80. The fourth-order valence-corrected chi connectivity index (χ4v) is 1.72. The molecule has 0 bridgehead atoms. The summed E-state index contributed by atoms with van der Waals surface area (Å²) >= 11 is 5.81. The molecule has 3 heteroatoms. The van der Waals surface area contributed by atoms with Crippen LogP contribution < -0.4 is 5.43 Å². The van der Waals surface area contributed by atoms with Crippen LogP contribution in [0.15, 0.2) is 59.7 Å². The molecule has 2 aromatic rings. The standard InChI is InChI=1S/C15H15ClN2/c1-12(13-5-3-2-4-6-13)11-17-18-15-9-7-14(16)8-10-15/h2-12,18H,1H3/b17-11-/t12-/m1/s1. The van der Waals surface area contributed by atoms with Crippen LogP contribution in [0.5, 0.6) is 0 Å². The minimum absolute atomic E-state index is 0.283. The van der Waals surface area contributed by atoms with Gasteiger partial charge in [-0.15, -0.1) is 0 Å². The lowest BCUT2D eigenvalue weighted by Crippen LogP contribution is -1.97. The molecule has 0 aromatic heterocycles. The summed E-state index contributed by atoms with van der Waals surface area (Å²) in [5.74, 6) is 0.283. The van der Waals surface area contributed by atoms with E-state index in [0.717, 1.165) is 10.7 Å². The van der Waals surface area contributed by atoms with Crippen LogP contribution in [0, 0.1) is 0 Å². The molecule has 0 heterocycles. The third kappa shape index (κ3) is 3.60. The predicted octanol–water partition coefficient (Wildman–Crippen LogP) is 4.54. The Bertz CT molecular complexity index is 506. The summed E-state index contributed by atoms with van der Waals surface area (Å²) in [6.45, 7) is 2.11. The highest BCUT2D eigenvalue weighted by atomic mass is 35.5. The first-order valence-corrected chi connectivity index (χ1v) is 6.23. The number of benzene rings is 2. The number of hydrazone groups is 1. The van der Waals surface area contributed by atoms with Gasteiger partial charge in [-0.1, -0.05) is 48.9 Å². The van der Waals surface area contributed by atoms with Crippen LogP contribution in [0.4, 0.5) is 5.69 Å². The molecule has 0 radical (unpaired) electrons. The van der Waals surface area contributed by atoms with Gasteiger partial charge >= 0.3 is 0 Å². The maximum absolute atomic E-state index is 5.81. The quantitative estimate of drug-likeness (QED) is 0.632. The summed E-state index contributed by atoms with van der Waals surface area (Å²) in [6, 6.07) is 17.7. The summed E-state index contributed by atoms with van der Waals surface area (Å²) in [5, 5.41) is 4.95. The van der Waals surface area contributed by atoms with Gasteiger partial charge in [0.15, 0.2) is 0 Å². The van der Waals surface area contributed by atoms with E-state index in [4.69, 9.17) is 11.6 Å². The van der Waals surface area contributed by atoms with E-state index >= 15 is 0 Å². The number of anilines is 1. The largest absolute Gasteiger partial charge is 0.279 e. The summed E-state index contributed by atoms with van der Waals surface area (Å²) in [6.07, 6.45) is 1.89. The van der Waals surface area contributed by atoms with Crippen molar-refractivity contribution in [2.75, 3.05) is 5.43 Å². The Morgan fingerprint density at radius 3 is 2.39 bits per heavy atom. The number of rotatable bonds is 4. The molecular formula is C15H15ClN2. The van der Waals surface area contributed by atoms with E-state index < -0.39 is 0 Å². The average molecular weight is 259 g/mol. The van der Waals surface area contributed by atoms with E-state index in [1.165, 1.54) is 5.56 Å². The van der Waals surface area contributed by atoms with Crippen molar-refractivity contribution in [3.05, 3.63) is 65.2 Å². The van der Waals surface area contributed by atoms with Crippen molar-refractivity contribution in [2.45, 2.75) is 12.8 Å². The van der Waals surface area contributed by atoms with Gasteiger partial charge in [-0.25, -0.2) is 0 Å². The average Bonchev–Trinajstić information content (AvgIpc) is 2.42. The van der Waals surface area contributed by atoms with E-state index in [0.29, 0.717) is 0 Å². The van der Waals surface area contributed by atoms with Crippen molar-refractivity contribution in [1.29, 1.82) is 0 Å². The molecule has 2 nitrogen and oxygen atoms in total. The Balaban J connectivity index is 1.93. The van der Waals surface area contributed by atoms with E-state index in [-0.39, 0.29) is 5.92 Å². The monoisotopic (exact) mass is 258 g/mol. The number of nitrogens with zero attached hydrogens (tertiary/aromatic N) is 1. The molecule has 2 rings (SSSR count). The summed E-state index contributed by atoms with van der Waals surface area (Å²) in [7, 11) is 0. The first kappa shape index (κ1) is 12.7. The van der Waals surface area contributed by atoms with E-state index in [9.17, 15) is 0 Å². The second-order valence-corrected chi connectivity index (χ2v) is 4.53. The van der Waals surface area contributed by atoms with Gasteiger partial charge in [0.05, 0.1) is 5.69 Å². The molecule has 18 heavy (non-hydrogen) atoms. The first-order chi connectivity index (χ1) is 8.75. The molecule has 0 aliphatic rings. The molecule has 0 saturated heterocycles. The minimum Gasteiger partial charge on any atom is -0.279 e. The van der Waals surface area contributed by atoms with Gasteiger partial charge in [-0.3, -0.25) is 5.43 Å². The lowest BCUT2D eigenvalue weighted by molar-refractivity contribution is 1.04. The molecule has 0 unspecified atom stereocenters. The topological polar surface area (TPSA) is 24.4 Å². The van der Waals surface area contributed by atoms with Crippen LogP contribution in [0.2, 0.25) is 5.02 Å². The molecule has 0 amide bonds. The van der Waals surface area contributed by atoms with E-state index in [1.54, 1.807) is 0 Å². The maximum Gasteiger partial charge on any atom is 0.0562 e. The Labute approximate surface area is 112 Å². The zero-order chi connectivity index (χ0) is 12.8. The van der Waals surface area contributed by atoms with Crippen molar-refractivity contribution >= 4 is 23.5 Å². The van der Waals surface area contributed by atoms with Crippen LogP contribution in [0.3, 0.4) is 0 Å². The van der Waals surface area contributed by atoms with Gasteiger partial charge < -0.3 is 0 Å². The molecule has 0 saturated carbocycles. The molecule has 1 atom stereocenters. The minimum atomic E-state index is 0.283. The third-order valence-electron chi connectivity index (χ3n) is 2.66. The van der Waals surface area contributed by atoms with Crippen LogP contribution in [0.25, 0.3) is 0 Å². The fourth-order valence-electron chi connectivity index (χ4n) is 1.59. The smallest absolute Gasteiger partial charge is 0.0562 e. The Kier molecular flexibility index (Phi) is 4.37. The Morgan fingerprint density at radius 2 is 1.72 bits per heavy atom. The highest BCUT2D eigenvalue weighted by molar-refractivity contribution is 6.30. The van der Waals surface area contributed by atoms with E-state index in [2.05, 4.69) is 29.6 Å². The van der Waals surface area contributed by atoms with Gasteiger partial charge in [-0.2, -0.15) is 5.10 Å². The molecule has 92 valence electrons. The fraction of sp³-hybridized carbons (Fsp3) is 0.133. The molecule has 1 N–H and O–H groups in total. The number of hydrogen-bond donors (Lipinski definition) is 1.